The maximum absolute atomic E-state index is 14.2. The molecule has 0 unspecified atom stereocenters. The van der Waals surface area contributed by atoms with E-state index in [2.05, 4.69) is 38.0 Å². The number of nitriles is 1. The maximum atomic E-state index is 14.2. The van der Waals surface area contributed by atoms with Gasteiger partial charge in [0.2, 0.25) is 10.0 Å². The third-order valence-electron chi connectivity index (χ3n) is 7.36. The molecule has 3 N–H and O–H groups in total. The van der Waals surface area contributed by atoms with Crippen molar-refractivity contribution in [2.24, 2.45) is 13.0 Å². The van der Waals surface area contributed by atoms with Gasteiger partial charge in [0.25, 0.3) is 5.91 Å². The fourth-order valence-electron chi connectivity index (χ4n) is 5.42. The van der Waals surface area contributed by atoms with Crippen LogP contribution in [0.4, 0.5) is 19.0 Å². The van der Waals surface area contributed by atoms with Gasteiger partial charge in [-0.05, 0) is 48.2 Å². The monoisotopic (exact) mass is 670 g/mol. The number of carbonyl (C=O) groups is 1. The lowest BCUT2D eigenvalue weighted by Gasteiger charge is -2.35. The van der Waals surface area contributed by atoms with E-state index in [4.69, 9.17) is 16.9 Å². The lowest BCUT2D eigenvalue weighted by Crippen LogP contribution is -2.41. The van der Waals surface area contributed by atoms with Crippen molar-refractivity contribution in [3.63, 3.8) is 0 Å². The maximum Gasteiger partial charge on any atom is 0.251 e. The minimum absolute atomic E-state index is 0.0363. The zero-order valence-electron chi connectivity index (χ0n) is 24.4. The highest BCUT2D eigenvalue weighted by Gasteiger charge is 2.41. The minimum Gasteiger partial charge on any atom is -0.378 e. The second-order valence-corrected chi connectivity index (χ2v) is 13.2. The standard InChI is InChI=1S/C31H26ClF3N6O4S/c1-41-29-23(5-6-24(32)27(29)30(39-41)40-46(2,44)45)22-4-3-21(7-8-31(43)13-18(14-31)16-36)37-28(22)25(38-26(42)15-33)11-17-9-19(34)12-20(35)10-17/h3-6,9-10,12,18,25,43H,11,13-15H2,1-2H3,(H,38,42)(H,39,40)/t18?,25-,31?/m0/s1. The molecule has 15 heteroatoms. The summed E-state index contributed by atoms with van der Waals surface area (Å²) in [5.41, 5.74) is 0.176. The van der Waals surface area contributed by atoms with Gasteiger partial charge in [0.15, 0.2) is 12.5 Å². The first-order valence-electron chi connectivity index (χ1n) is 13.8. The number of aromatic nitrogens is 3. The number of fused-ring (bicyclic) bond motifs is 1. The van der Waals surface area contributed by atoms with Gasteiger partial charge < -0.3 is 10.4 Å². The Hall–Kier alpha value is -4.63. The van der Waals surface area contributed by atoms with Crippen LogP contribution in [0, 0.1) is 40.7 Å². The Morgan fingerprint density at radius 1 is 1.20 bits per heavy atom. The Bertz CT molecular complexity index is 2060. The van der Waals surface area contributed by atoms with Gasteiger partial charge in [0, 0.05) is 37.1 Å². The molecule has 5 rings (SSSR count). The second kappa shape index (κ2) is 12.6. The summed E-state index contributed by atoms with van der Waals surface area (Å²) < 4.78 is 69.7. The molecule has 2 aromatic carbocycles. The van der Waals surface area contributed by atoms with E-state index in [0.29, 0.717) is 22.7 Å². The van der Waals surface area contributed by atoms with Gasteiger partial charge in [-0.1, -0.05) is 23.6 Å². The number of sulfonamides is 1. The van der Waals surface area contributed by atoms with E-state index < -0.39 is 45.9 Å². The first-order valence-corrected chi connectivity index (χ1v) is 16.1. The summed E-state index contributed by atoms with van der Waals surface area (Å²) in [5, 5.41) is 27.0. The van der Waals surface area contributed by atoms with Gasteiger partial charge in [-0.2, -0.15) is 10.4 Å². The largest absolute Gasteiger partial charge is 0.378 e. The molecule has 2 heterocycles. The molecule has 46 heavy (non-hydrogen) atoms. The highest BCUT2D eigenvalue weighted by atomic mass is 35.5. The summed E-state index contributed by atoms with van der Waals surface area (Å²) in [4.78, 5) is 17.1. The molecule has 1 atom stereocenters. The average Bonchev–Trinajstić information content (AvgIpc) is 3.28. The highest BCUT2D eigenvalue weighted by Crippen LogP contribution is 2.40. The Balaban J connectivity index is 1.72. The van der Waals surface area contributed by atoms with Crippen LogP contribution < -0.4 is 10.0 Å². The molecule has 0 aliphatic heterocycles. The number of benzene rings is 2. The molecule has 1 aliphatic carbocycles. The molecule has 1 amide bonds. The number of pyridine rings is 1. The number of alkyl halides is 1. The molecule has 4 aromatic rings. The quantitative estimate of drug-likeness (QED) is 0.236. The molecular formula is C31H26ClF3N6O4S. The molecule has 0 radical (unpaired) electrons. The number of aliphatic hydroxyl groups is 1. The lowest BCUT2D eigenvalue weighted by atomic mass is 9.72. The number of hydrogen-bond acceptors (Lipinski definition) is 7. The predicted molar refractivity (Wildman–Crippen MR) is 165 cm³/mol. The fraction of sp³-hybridized carbons (Fsp3) is 0.290. The van der Waals surface area contributed by atoms with E-state index >= 15 is 0 Å². The van der Waals surface area contributed by atoms with Crippen LogP contribution in [-0.4, -0.2) is 52.7 Å². The Labute approximate surface area is 267 Å². The molecule has 1 fully saturated rings. The van der Waals surface area contributed by atoms with Gasteiger partial charge in [0.05, 0.1) is 45.9 Å². The van der Waals surface area contributed by atoms with Gasteiger partial charge in [-0.3, -0.25) is 14.2 Å². The smallest absolute Gasteiger partial charge is 0.251 e. The summed E-state index contributed by atoms with van der Waals surface area (Å²) in [6.07, 6.45) is 1.07. The van der Waals surface area contributed by atoms with E-state index in [1.165, 1.54) is 16.8 Å². The highest BCUT2D eigenvalue weighted by molar-refractivity contribution is 7.92. The van der Waals surface area contributed by atoms with E-state index in [0.717, 1.165) is 18.4 Å². The van der Waals surface area contributed by atoms with E-state index in [-0.39, 0.29) is 58.4 Å². The van der Waals surface area contributed by atoms with Crippen LogP contribution in [0.3, 0.4) is 0 Å². The number of aryl methyl sites for hydroxylation is 1. The molecule has 1 saturated carbocycles. The molecule has 2 aromatic heterocycles. The zero-order chi connectivity index (χ0) is 33.4. The molecule has 238 valence electrons. The fourth-order valence-corrected chi connectivity index (χ4v) is 6.16. The van der Waals surface area contributed by atoms with E-state index in [1.807, 2.05) is 0 Å². The van der Waals surface area contributed by atoms with Crippen LogP contribution >= 0.6 is 11.6 Å². The first-order chi connectivity index (χ1) is 21.7. The number of hydrogen-bond donors (Lipinski definition) is 3. The topological polar surface area (TPSA) is 150 Å². The predicted octanol–water partition coefficient (Wildman–Crippen LogP) is 4.32. The van der Waals surface area contributed by atoms with Crippen molar-refractivity contribution in [1.29, 1.82) is 5.26 Å². The van der Waals surface area contributed by atoms with Crippen LogP contribution in [0.1, 0.15) is 35.8 Å². The average molecular weight is 671 g/mol. The van der Waals surface area contributed by atoms with Crippen molar-refractivity contribution in [2.45, 2.75) is 30.9 Å². The SMILES string of the molecule is Cn1nc(NS(C)(=O)=O)c2c(Cl)ccc(-c3ccc(C#CC4(O)CC(C#N)C4)nc3[C@H](Cc3cc(F)cc(F)c3)NC(=O)CF)c21. The Morgan fingerprint density at radius 2 is 1.87 bits per heavy atom. The third kappa shape index (κ3) is 7.10. The van der Waals surface area contributed by atoms with Crippen molar-refractivity contribution < 1.29 is 31.5 Å². The summed E-state index contributed by atoms with van der Waals surface area (Å²) in [7, 11) is -2.19. The van der Waals surface area contributed by atoms with Crippen molar-refractivity contribution in [3.8, 4) is 29.0 Å². The lowest BCUT2D eigenvalue weighted by molar-refractivity contribution is -0.122. The van der Waals surface area contributed by atoms with Gasteiger partial charge in [-0.15, -0.1) is 0 Å². The summed E-state index contributed by atoms with van der Waals surface area (Å²) in [6.45, 7) is -1.39. The van der Waals surface area contributed by atoms with Crippen molar-refractivity contribution >= 4 is 44.3 Å². The van der Waals surface area contributed by atoms with E-state index in [1.54, 1.807) is 19.2 Å². The van der Waals surface area contributed by atoms with Crippen molar-refractivity contribution in [1.82, 2.24) is 20.1 Å². The summed E-state index contributed by atoms with van der Waals surface area (Å²) in [5.74, 6) is 2.44. The van der Waals surface area contributed by atoms with Crippen LogP contribution in [0.5, 0.6) is 0 Å². The molecule has 10 nitrogen and oxygen atoms in total. The number of nitrogens with one attached hydrogen (secondary N) is 2. The number of carbonyl (C=O) groups excluding carboxylic acids is 1. The zero-order valence-corrected chi connectivity index (χ0v) is 26.0. The first kappa shape index (κ1) is 32.8. The van der Waals surface area contributed by atoms with Crippen LogP contribution in [0.25, 0.3) is 22.0 Å². The normalized spacial score (nSPS) is 18.2. The summed E-state index contributed by atoms with van der Waals surface area (Å²) >= 11 is 6.50. The molecule has 1 aliphatic rings. The van der Waals surface area contributed by atoms with Crippen molar-refractivity contribution in [2.75, 3.05) is 17.7 Å². The molecule has 0 bridgehead atoms. The minimum atomic E-state index is -3.75. The number of halogens is 4. The van der Waals surface area contributed by atoms with E-state index in [9.17, 15) is 31.5 Å². The molecular weight excluding hydrogens is 645 g/mol. The Morgan fingerprint density at radius 3 is 2.50 bits per heavy atom. The molecule has 0 spiro atoms. The summed E-state index contributed by atoms with van der Waals surface area (Å²) in [6, 6.07) is 10.0. The van der Waals surface area contributed by atoms with Crippen LogP contribution in [0.15, 0.2) is 42.5 Å². The third-order valence-corrected chi connectivity index (χ3v) is 8.24. The van der Waals surface area contributed by atoms with Gasteiger partial charge in [0.1, 0.15) is 22.9 Å². The number of rotatable bonds is 8. The van der Waals surface area contributed by atoms with Gasteiger partial charge in [-0.25, -0.2) is 26.6 Å². The number of anilines is 1. The number of nitrogens with zero attached hydrogens (tertiary/aromatic N) is 4. The molecule has 0 saturated heterocycles. The Kier molecular flexibility index (Phi) is 9.00. The van der Waals surface area contributed by atoms with Crippen LogP contribution in [-0.2, 0) is 28.3 Å². The number of amides is 1. The second-order valence-electron chi connectivity index (χ2n) is 11.0. The van der Waals surface area contributed by atoms with Crippen LogP contribution in [0.2, 0.25) is 5.02 Å². The van der Waals surface area contributed by atoms with Crippen molar-refractivity contribution in [3.05, 3.63) is 76.1 Å². The van der Waals surface area contributed by atoms with Gasteiger partial charge >= 0.3 is 0 Å².